The number of halogens is 2. The second kappa shape index (κ2) is 9.99. The number of hydrogen-bond donors (Lipinski definition) is 2. The third kappa shape index (κ3) is 4.88. The lowest BCUT2D eigenvalue weighted by Crippen LogP contribution is -2.27. The second-order valence-electron chi connectivity index (χ2n) is 8.71. The highest BCUT2D eigenvalue weighted by Crippen LogP contribution is 2.37. The van der Waals surface area contributed by atoms with E-state index in [1.807, 2.05) is 30.3 Å². The Balaban J connectivity index is 1.69. The van der Waals surface area contributed by atoms with Crippen molar-refractivity contribution in [1.82, 2.24) is 9.99 Å². The van der Waals surface area contributed by atoms with E-state index >= 15 is 0 Å². The van der Waals surface area contributed by atoms with Crippen molar-refractivity contribution in [2.24, 2.45) is 5.10 Å². The summed E-state index contributed by atoms with van der Waals surface area (Å²) in [6.07, 6.45) is -0.445. The van der Waals surface area contributed by atoms with Crippen LogP contribution in [0.1, 0.15) is 36.4 Å². The molecule has 1 aromatic heterocycles. The van der Waals surface area contributed by atoms with Crippen LogP contribution in [0, 0.1) is 5.82 Å². The maximum Gasteiger partial charge on any atom is 0.303 e. The smallest absolute Gasteiger partial charge is 0.303 e. The molecule has 0 fully saturated rings. The molecule has 3 aromatic carbocycles. The normalized spacial score (nSPS) is 15.1. The van der Waals surface area contributed by atoms with Gasteiger partial charge in [0.1, 0.15) is 5.82 Å². The summed E-state index contributed by atoms with van der Waals surface area (Å²) in [6.45, 7) is 0. The van der Waals surface area contributed by atoms with Crippen molar-refractivity contribution in [1.29, 1.82) is 0 Å². The molecule has 0 saturated heterocycles. The van der Waals surface area contributed by atoms with E-state index < -0.39 is 23.7 Å². The molecular formula is C28H21ClFN3O4. The zero-order valence-electron chi connectivity index (χ0n) is 19.4. The van der Waals surface area contributed by atoms with Crippen LogP contribution in [-0.4, -0.2) is 32.7 Å². The molecule has 1 amide bonds. The van der Waals surface area contributed by atoms with E-state index in [0.717, 1.165) is 5.56 Å². The average molecular weight is 518 g/mol. The van der Waals surface area contributed by atoms with Gasteiger partial charge in [-0.05, 0) is 41.5 Å². The summed E-state index contributed by atoms with van der Waals surface area (Å²) in [7, 11) is 0. The zero-order chi connectivity index (χ0) is 26.1. The number of pyridine rings is 1. The second-order valence-corrected chi connectivity index (χ2v) is 9.15. The third-order valence-electron chi connectivity index (χ3n) is 6.30. The van der Waals surface area contributed by atoms with E-state index in [2.05, 4.69) is 10.1 Å². The molecule has 0 radical (unpaired) electrons. The molecule has 1 aliphatic rings. The lowest BCUT2D eigenvalue weighted by molar-refractivity contribution is -0.141. The van der Waals surface area contributed by atoms with Crippen molar-refractivity contribution < 1.29 is 19.1 Å². The number of carbonyl (C=O) groups is 2. The van der Waals surface area contributed by atoms with E-state index in [4.69, 9.17) is 16.7 Å². The number of rotatable bonds is 6. The fourth-order valence-electron chi connectivity index (χ4n) is 4.61. The highest BCUT2D eigenvalue weighted by atomic mass is 35.5. The number of nitrogens with zero attached hydrogens (tertiary/aromatic N) is 2. The van der Waals surface area contributed by atoms with Gasteiger partial charge in [0.05, 0.1) is 23.7 Å². The van der Waals surface area contributed by atoms with Gasteiger partial charge in [-0.1, -0.05) is 54.1 Å². The van der Waals surface area contributed by atoms with Crippen molar-refractivity contribution in [2.75, 3.05) is 0 Å². The first-order chi connectivity index (χ1) is 17.8. The van der Waals surface area contributed by atoms with Gasteiger partial charge in [0, 0.05) is 34.3 Å². The number of aliphatic carboxylic acids is 1. The van der Waals surface area contributed by atoms with Crippen molar-refractivity contribution in [3.63, 3.8) is 0 Å². The molecule has 0 bridgehead atoms. The molecule has 2 heterocycles. The molecule has 186 valence electrons. The Labute approximate surface area is 215 Å². The molecule has 5 rings (SSSR count). The highest BCUT2D eigenvalue weighted by molar-refractivity contribution is 6.31. The highest BCUT2D eigenvalue weighted by Gasteiger charge is 2.35. The summed E-state index contributed by atoms with van der Waals surface area (Å²) in [5.41, 5.74) is 2.88. The topological polar surface area (TPSA) is 103 Å². The lowest BCUT2D eigenvalue weighted by atomic mass is 9.91. The van der Waals surface area contributed by atoms with Crippen LogP contribution in [-0.2, 0) is 9.59 Å². The van der Waals surface area contributed by atoms with Crippen LogP contribution in [0.25, 0.3) is 22.0 Å². The number of hydrogen-bond acceptors (Lipinski definition) is 4. The van der Waals surface area contributed by atoms with Gasteiger partial charge in [-0.25, -0.2) is 9.40 Å². The lowest BCUT2D eigenvalue weighted by Gasteiger charge is -2.21. The molecule has 7 nitrogen and oxygen atoms in total. The number of hydrazone groups is 1. The summed E-state index contributed by atoms with van der Waals surface area (Å²) in [6, 6.07) is 19.6. The number of aromatic nitrogens is 1. The summed E-state index contributed by atoms with van der Waals surface area (Å²) in [4.78, 5) is 40.5. The number of amides is 1. The molecular weight excluding hydrogens is 497 g/mol. The SMILES string of the molecule is O=C(O)CCC(=O)N1N=C(c2c(-c3ccccc3)c3cc(Cl)ccc3[nH]c2=O)C[C@H]1c1ccc(F)cc1. The Morgan fingerprint density at radius 2 is 1.76 bits per heavy atom. The van der Waals surface area contributed by atoms with Gasteiger partial charge >= 0.3 is 5.97 Å². The summed E-state index contributed by atoms with van der Waals surface area (Å²) < 4.78 is 13.6. The van der Waals surface area contributed by atoms with Crippen LogP contribution in [0.4, 0.5) is 4.39 Å². The predicted octanol–water partition coefficient (Wildman–Crippen LogP) is 5.53. The van der Waals surface area contributed by atoms with Crippen LogP contribution < -0.4 is 5.56 Å². The molecule has 0 aliphatic carbocycles. The first-order valence-electron chi connectivity index (χ1n) is 11.6. The van der Waals surface area contributed by atoms with Crippen molar-refractivity contribution in [3.05, 3.63) is 105 Å². The minimum atomic E-state index is -1.11. The van der Waals surface area contributed by atoms with Crippen LogP contribution >= 0.6 is 11.6 Å². The van der Waals surface area contributed by atoms with Gasteiger partial charge < -0.3 is 10.1 Å². The standard InChI is InChI=1S/C28H21ClFN3O4/c29-18-8-11-21-20(14-18)26(17-4-2-1-3-5-17)27(28(37)31-21)22-15-23(16-6-9-19(30)10-7-16)33(32-22)24(34)12-13-25(35)36/h1-11,14,23H,12-13,15H2,(H,31,37)(H,35,36)/t23-/m0/s1. The number of carboxylic acids is 1. The van der Waals surface area contributed by atoms with Gasteiger partial charge in [-0.2, -0.15) is 5.10 Å². The molecule has 37 heavy (non-hydrogen) atoms. The van der Waals surface area contributed by atoms with Crippen molar-refractivity contribution in [3.8, 4) is 11.1 Å². The van der Waals surface area contributed by atoms with Gasteiger partial charge in [-0.15, -0.1) is 0 Å². The predicted molar refractivity (Wildman–Crippen MR) is 139 cm³/mol. The molecule has 1 atom stereocenters. The third-order valence-corrected chi connectivity index (χ3v) is 6.54. The van der Waals surface area contributed by atoms with E-state index in [9.17, 15) is 18.8 Å². The van der Waals surface area contributed by atoms with Crippen LogP contribution in [0.15, 0.2) is 82.7 Å². The Morgan fingerprint density at radius 1 is 1.03 bits per heavy atom. The molecule has 2 N–H and O–H groups in total. The zero-order valence-corrected chi connectivity index (χ0v) is 20.2. The largest absolute Gasteiger partial charge is 0.481 e. The summed E-state index contributed by atoms with van der Waals surface area (Å²) in [5, 5.41) is 16.0. The summed E-state index contributed by atoms with van der Waals surface area (Å²) in [5.74, 6) is -2.04. The summed E-state index contributed by atoms with van der Waals surface area (Å²) >= 11 is 6.32. The van der Waals surface area contributed by atoms with Gasteiger partial charge in [0.15, 0.2) is 0 Å². The Hall–Kier alpha value is -4.30. The number of fused-ring (bicyclic) bond motifs is 1. The molecule has 1 aliphatic heterocycles. The maximum absolute atomic E-state index is 13.6. The minimum absolute atomic E-state index is 0.180. The average Bonchev–Trinajstić information content (AvgIpc) is 3.32. The van der Waals surface area contributed by atoms with Crippen LogP contribution in [0.5, 0.6) is 0 Å². The quantitative estimate of drug-likeness (QED) is 0.351. The number of carbonyl (C=O) groups excluding carboxylic acids is 1. The number of carboxylic acid groups (broad SMARTS) is 1. The molecule has 0 spiro atoms. The van der Waals surface area contributed by atoms with E-state index in [1.165, 1.54) is 17.1 Å². The number of H-pyrrole nitrogens is 1. The fraction of sp³-hybridized carbons (Fsp3) is 0.143. The van der Waals surface area contributed by atoms with Crippen LogP contribution in [0.2, 0.25) is 5.02 Å². The molecule has 9 heteroatoms. The minimum Gasteiger partial charge on any atom is -0.481 e. The maximum atomic E-state index is 13.6. The van der Waals surface area contributed by atoms with E-state index in [0.29, 0.717) is 38.3 Å². The van der Waals surface area contributed by atoms with Crippen molar-refractivity contribution in [2.45, 2.75) is 25.3 Å². The number of benzene rings is 3. The van der Waals surface area contributed by atoms with E-state index in [-0.39, 0.29) is 24.8 Å². The first-order valence-corrected chi connectivity index (χ1v) is 12.0. The fourth-order valence-corrected chi connectivity index (χ4v) is 4.78. The molecule has 0 saturated carbocycles. The Kier molecular flexibility index (Phi) is 6.58. The Bertz CT molecular complexity index is 1600. The van der Waals surface area contributed by atoms with Crippen molar-refractivity contribution >= 4 is 40.1 Å². The van der Waals surface area contributed by atoms with Gasteiger partial charge in [-0.3, -0.25) is 14.4 Å². The molecule has 4 aromatic rings. The first kappa shape index (κ1) is 24.4. The van der Waals surface area contributed by atoms with E-state index in [1.54, 1.807) is 30.3 Å². The van der Waals surface area contributed by atoms with Crippen LogP contribution in [0.3, 0.4) is 0 Å². The Morgan fingerprint density at radius 3 is 2.46 bits per heavy atom. The van der Waals surface area contributed by atoms with Gasteiger partial charge in [0.2, 0.25) is 5.91 Å². The molecule has 0 unspecified atom stereocenters. The number of nitrogens with one attached hydrogen (secondary N) is 1. The number of aromatic amines is 1. The van der Waals surface area contributed by atoms with Gasteiger partial charge in [0.25, 0.3) is 5.56 Å². The monoisotopic (exact) mass is 517 g/mol.